The third kappa shape index (κ3) is 4.37. The zero-order valence-electron chi connectivity index (χ0n) is 15.2. The van der Waals surface area contributed by atoms with Gasteiger partial charge in [-0.05, 0) is 36.8 Å². The van der Waals surface area contributed by atoms with Crippen LogP contribution >= 0.6 is 0 Å². The molecule has 1 aromatic heterocycles. The van der Waals surface area contributed by atoms with Gasteiger partial charge in [0.15, 0.2) is 5.69 Å². The van der Waals surface area contributed by atoms with E-state index in [2.05, 4.69) is 15.6 Å². The molecule has 3 N–H and O–H groups in total. The van der Waals surface area contributed by atoms with Crippen LogP contribution in [0.5, 0.6) is 5.75 Å². The van der Waals surface area contributed by atoms with Crippen molar-refractivity contribution in [3.8, 4) is 5.75 Å². The van der Waals surface area contributed by atoms with Crippen molar-refractivity contribution in [2.45, 2.75) is 13.0 Å². The van der Waals surface area contributed by atoms with E-state index in [9.17, 15) is 19.5 Å². The Morgan fingerprint density at radius 3 is 2.86 bits per heavy atom. The molecule has 146 valence electrons. The summed E-state index contributed by atoms with van der Waals surface area (Å²) in [7, 11) is 0. The molecular formula is C19H20N4O5. The third-order valence-corrected chi connectivity index (χ3v) is 4.23. The Balaban J connectivity index is 1.56. The second kappa shape index (κ2) is 8.38. The predicted molar refractivity (Wildman–Crippen MR) is 99.9 cm³/mol. The van der Waals surface area contributed by atoms with Crippen LogP contribution in [0.3, 0.4) is 0 Å². The molecule has 0 radical (unpaired) electrons. The summed E-state index contributed by atoms with van der Waals surface area (Å²) < 4.78 is 4.94. The highest BCUT2D eigenvalue weighted by Gasteiger charge is 2.24. The Hall–Kier alpha value is -3.62. The number of hydrogen-bond donors (Lipinski definition) is 3. The summed E-state index contributed by atoms with van der Waals surface area (Å²) in [5.74, 6) is -1.30. The van der Waals surface area contributed by atoms with Crippen LogP contribution in [0.25, 0.3) is 0 Å². The van der Waals surface area contributed by atoms with E-state index in [1.165, 1.54) is 23.2 Å². The zero-order valence-corrected chi connectivity index (χ0v) is 15.2. The highest BCUT2D eigenvalue weighted by molar-refractivity contribution is 5.97. The second-order valence-electron chi connectivity index (χ2n) is 6.20. The maximum atomic E-state index is 12.1. The minimum Gasteiger partial charge on any atom is -0.505 e. The molecule has 2 aromatic rings. The predicted octanol–water partition coefficient (Wildman–Crippen LogP) is 1.35. The van der Waals surface area contributed by atoms with Crippen LogP contribution in [-0.4, -0.2) is 47.7 Å². The average Bonchev–Trinajstić information content (AvgIpc) is 3.12. The number of hydrogen-bond acceptors (Lipinski definition) is 6. The van der Waals surface area contributed by atoms with Crippen LogP contribution in [0, 0.1) is 0 Å². The number of aromatic nitrogens is 1. The lowest BCUT2D eigenvalue weighted by atomic mass is 10.1. The van der Waals surface area contributed by atoms with Crippen LogP contribution in [-0.2, 0) is 9.53 Å². The first-order valence-electron chi connectivity index (χ1n) is 8.71. The number of benzene rings is 1. The van der Waals surface area contributed by atoms with Crippen molar-refractivity contribution in [1.29, 1.82) is 0 Å². The third-order valence-electron chi connectivity index (χ3n) is 4.23. The first kappa shape index (κ1) is 19.2. The maximum Gasteiger partial charge on any atom is 0.414 e. The van der Waals surface area contributed by atoms with Gasteiger partial charge in [-0.25, -0.2) is 9.78 Å². The van der Waals surface area contributed by atoms with E-state index in [-0.39, 0.29) is 24.0 Å². The van der Waals surface area contributed by atoms with Crippen molar-refractivity contribution in [2.24, 2.45) is 0 Å². The summed E-state index contributed by atoms with van der Waals surface area (Å²) in [5.41, 5.74) is 1.35. The number of amides is 3. The number of pyridine rings is 1. The number of carbonyl (C=O) groups excluding carboxylic acids is 3. The molecule has 1 aliphatic heterocycles. The molecular weight excluding hydrogens is 364 g/mol. The summed E-state index contributed by atoms with van der Waals surface area (Å²) in [5, 5.41) is 14.8. The van der Waals surface area contributed by atoms with Crippen molar-refractivity contribution in [3.05, 3.63) is 53.9 Å². The Morgan fingerprint density at radius 2 is 2.14 bits per heavy atom. The number of nitrogens with one attached hydrogen (secondary N) is 2. The van der Waals surface area contributed by atoms with Gasteiger partial charge in [0, 0.05) is 11.9 Å². The van der Waals surface area contributed by atoms with Gasteiger partial charge in [0.2, 0.25) is 5.91 Å². The summed E-state index contributed by atoms with van der Waals surface area (Å²) in [6.45, 7) is 2.36. The molecule has 9 heteroatoms. The van der Waals surface area contributed by atoms with Crippen LogP contribution in [0.4, 0.5) is 10.5 Å². The molecule has 1 aromatic carbocycles. The smallest absolute Gasteiger partial charge is 0.414 e. The van der Waals surface area contributed by atoms with Crippen LogP contribution in [0.2, 0.25) is 0 Å². The lowest BCUT2D eigenvalue weighted by molar-refractivity contribution is -0.120. The zero-order chi connectivity index (χ0) is 20.1. The van der Waals surface area contributed by atoms with Gasteiger partial charge in [-0.15, -0.1) is 0 Å². The molecule has 2 heterocycles. The van der Waals surface area contributed by atoms with E-state index in [1.807, 2.05) is 12.1 Å². The number of cyclic esters (lactones) is 1. The SMILES string of the molecule is CC(NC(=O)CNC(=O)c1ncccc1O)c1cccc(N2CCOC2=O)c1. The van der Waals surface area contributed by atoms with Gasteiger partial charge < -0.3 is 20.5 Å². The number of ether oxygens (including phenoxy) is 1. The van der Waals surface area contributed by atoms with E-state index in [0.717, 1.165) is 5.56 Å². The number of carbonyl (C=O) groups is 3. The van der Waals surface area contributed by atoms with Crippen LogP contribution in [0.1, 0.15) is 29.0 Å². The van der Waals surface area contributed by atoms with Gasteiger partial charge in [-0.2, -0.15) is 0 Å². The number of rotatable bonds is 6. The van der Waals surface area contributed by atoms with E-state index in [4.69, 9.17) is 4.74 Å². The number of aromatic hydroxyl groups is 1. The minimum atomic E-state index is -0.643. The van der Waals surface area contributed by atoms with Gasteiger partial charge in [-0.1, -0.05) is 12.1 Å². The Labute approximate surface area is 161 Å². The molecule has 1 fully saturated rings. The van der Waals surface area contributed by atoms with Crippen LogP contribution < -0.4 is 15.5 Å². The molecule has 1 aliphatic rings. The summed E-state index contributed by atoms with van der Waals surface area (Å²) in [6, 6.07) is 9.73. The molecule has 0 saturated carbocycles. The molecule has 9 nitrogen and oxygen atoms in total. The number of nitrogens with zero attached hydrogens (tertiary/aromatic N) is 2. The lowest BCUT2D eigenvalue weighted by Crippen LogP contribution is -2.38. The van der Waals surface area contributed by atoms with E-state index in [1.54, 1.807) is 19.1 Å². The Morgan fingerprint density at radius 1 is 1.32 bits per heavy atom. The van der Waals surface area contributed by atoms with Gasteiger partial charge in [0.1, 0.15) is 12.4 Å². The number of anilines is 1. The Bertz CT molecular complexity index is 901. The van der Waals surface area contributed by atoms with Crippen molar-refractivity contribution >= 4 is 23.6 Å². The highest BCUT2D eigenvalue weighted by Crippen LogP contribution is 2.23. The van der Waals surface area contributed by atoms with Crippen LogP contribution in [0.15, 0.2) is 42.6 Å². The van der Waals surface area contributed by atoms with Crippen molar-refractivity contribution in [2.75, 3.05) is 24.6 Å². The van der Waals surface area contributed by atoms with E-state index >= 15 is 0 Å². The molecule has 1 atom stereocenters. The van der Waals surface area contributed by atoms with Crippen molar-refractivity contribution in [1.82, 2.24) is 15.6 Å². The second-order valence-corrected chi connectivity index (χ2v) is 6.20. The molecule has 28 heavy (non-hydrogen) atoms. The van der Waals surface area contributed by atoms with Crippen molar-refractivity contribution in [3.63, 3.8) is 0 Å². The fourth-order valence-corrected chi connectivity index (χ4v) is 2.78. The summed E-state index contributed by atoms with van der Waals surface area (Å²) >= 11 is 0. The summed E-state index contributed by atoms with van der Waals surface area (Å²) in [4.78, 5) is 41.1. The fraction of sp³-hybridized carbons (Fsp3) is 0.263. The first-order chi connectivity index (χ1) is 13.5. The van der Waals surface area contributed by atoms with Gasteiger partial charge >= 0.3 is 6.09 Å². The molecule has 3 amide bonds. The molecule has 0 bridgehead atoms. The molecule has 0 spiro atoms. The monoisotopic (exact) mass is 384 g/mol. The Kier molecular flexibility index (Phi) is 5.73. The maximum absolute atomic E-state index is 12.1. The van der Waals surface area contributed by atoms with Gasteiger partial charge in [0.25, 0.3) is 5.91 Å². The summed E-state index contributed by atoms with van der Waals surface area (Å²) in [6.07, 6.45) is 0.981. The quantitative estimate of drug-likeness (QED) is 0.691. The molecule has 0 aliphatic carbocycles. The largest absolute Gasteiger partial charge is 0.505 e. The normalized spacial score (nSPS) is 14.3. The van der Waals surface area contributed by atoms with E-state index < -0.39 is 17.9 Å². The lowest BCUT2D eigenvalue weighted by Gasteiger charge is -2.18. The van der Waals surface area contributed by atoms with Gasteiger partial charge in [0.05, 0.1) is 19.1 Å². The minimum absolute atomic E-state index is 0.145. The topological polar surface area (TPSA) is 121 Å². The first-order valence-corrected chi connectivity index (χ1v) is 8.71. The fourth-order valence-electron chi connectivity index (χ4n) is 2.78. The van der Waals surface area contributed by atoms with Gasteiger partial charge in [-0.3, -0.25) is 14.5 Å². The molecule has 3 rings (SSSR count). The molecule has 1 unspecified atom stereocenters. The molecule has 1 saturated heterocycles. The average molecular weight is 384 g/mol. The standard InChI is InChI=1S/C19H20N4O5/c1-12(13-4-2-5-14(10-13)23-8-9-28-19(23)27)22-16(25)11-21-18(26)17-15(24)6-3-7-20-17/h2-7,10,12,24H,8-9,11H2,1H3,(H,21,26)(H,22,25). The van der Waals surface area contributed by atoms with E-state index in [0.29, 0.717) is 18.8 Å². The van der Waals surface area contributed by atoms with Crippen molar-refractivity contribution < 1.29 is 24.2 Å². The highest BCUT2D eigenvalue weighted by atomic mass is 16.6.